The van der Waals surface area contributed by atoms with Gasteiger partial charge in [-0.25, -0.2) is 0 Å². The minimum atomic E-state index is 0.0342. The largest absolute Gasteiger partial charge is 0.331 e. The first-order valence-corrected chi connectivity index (χ1v) is 5.17. The Labute approximate surface area is 94.6 Å². The summed E-state index contributed by atoms with van der Waals surface area (Å²) in [5, 5.41) is 8.75. The van der Waals surface area contributed by atoms with E-state index < -0.39 is 0 Å². The van der Waals surface area contributed by atoms with Crippen LogP contribution >= 0.6 is 0 Å². The standard InChI is InChI=1S/C13H12N2O/c1-10-8-11(9-14)4-5-12(10)13(16)15-6-2-3-7-15/h2-5,8H,6-7H2,1H3. The molecule has 1 aromatic rings. The van der Waals surface area contributed by atoms with Crippen molar-refractivity contribution in [3.63, 3.8) is 0 Å². The van der Waals surface area contributed by atoms with E-state index in [0.29, 0.717) is 24.2 Å². The van der Waals surface area contributed by atoms with Gasteiger partial charge in [0.1, 0.15) is 0 Å². The van der Waals surface area contributed by atoms with Gasteiger partial charge in [0, 0.05) is 18.7 Å². The first-order valence-electron chi connectivity index (χ1n) is 5.17. The van der Waals surface area contributed by atoms with Crippen LogP contribution in [0.5, 0.6) is 0 Å². The predicted molar refractivity (Wildman–Crippen MR) is 60.9 cm³/mol. The van der Waals surface area contributed by atoms with Gasteiger partial charge in [-0.2, -0.15) is 5.26 Å². The molecule has 1 aromatic carbocycles. The van der Waals surface area contributed by atoms with Gasteiger partial charge in [-0.05, 0) is 30.7 Å². The number of hydrogen-bond acceptors (Lipinski definition) is 2. The second-order valence-electron chi connectivity index (χ2n) is 3.82. The van der Waals surface area contributed by atoms with E-state index >= 15 is 0 Å². The van der Waals surface area contributed by atoms with Gasteiger partial charge in [0.2, 0.25) is 0 Å². The lowest BCUT2D eigenvalue weighted by Crippen LogP contribution is -2.28. The molecule has 1 heterocycles. The van der Waals surface area contributed by atoms with Crippen molar-refractivity contribution in [3.8, 4) is 6.07 Å². The molecule has 0 aliphatic carbocycles. The fraction of sp³-hybridized carbons (Fsp3) is 0.231. The minimum Gasteiger partial charge on any atom is -0.331 e. The van der Waals surface area contributed by atoms with Crippen molar-refractivity contribution in [2.75, 3.05) is 13.1 Å². The summed E-state index contributed by atoms with van der Waals surface area (Å²) in [5.74, 6) is 0.0342. The molecule has 0 spiro atoms. The Morgan fingerprint density at radius 3 is 2.62 bits per heavy atom. The van der Waals surface area contributed by atoms with E-state index in [1.165, 1.54) is 0 Å². The third-order valence-corrected chi connectivity index (χ3v) is 2.69. The fourth-order valence-corrected chi connectivity index (χ4v) is 1.79. The highest BCUT2D eigenvalue weighted by Crippen LogP contribution is 2.14. The molecule has 0 bridgehead atoms. The summed E-state index contributed by atoms with van der Waals surface area (Å²) >= 11 is 0. The first-order chi connectivity index (χ1) is 7.72. The predicted octanol–water partition coefficient (Wildman–Crippen LogP) is 1.88. The average Bonchev–Trinajstić information content (AvgIpc) is 2.81. The van der Waals surface area contributed by atoms with Crippen LogP contribution in [0.15, 0.2) is 30.4 Å². The second kappa shape index (κ2) is 4.19. The SMILES string of the molecule is Cc1cc(C#N)ccc1C(=O)N1CC=CC1. The van der Waals surface area contributed by atoms with E-state index in [-0.39, 0.29) is 5.91 Å². The fourth-order valence-electron chi connectivity index (χ4n) is 1.79. The van der Waals surface area contributed by atoms with Gasteiger partial charge in [-0.3, -0.25) is 4.79 Å². The third kappa shape index (κ3) is 1.82. The highest BCUT2D eigenvalue weighted by atomic mass is 16.2. The highest BCUT2D eigenvalue weighted by Gasteiger charge is 2.17. The molecule has 1 aliphatic rings. The number of nitriles is 1. The molecule has 0 fully saturated rings. The zero-order valence-corrected chi connectivity index (χ0v) is 9.10. The molecule has 0 saturated heterocycles. The van der Waals surface area contributed by atoms with Gasteiger partial charge in [0.05, 0.1) is 11.6 Å². The Bertz CT molecular complexity index is 489. The lowest BCUT2D eigenvalue weighted by atomic mass is 10.0. The normalized spacial score (nSPS) is 13.9. The Balaban J connectivity index is 2.27. The smallest absolute Gasteiger partial charge is 0.254 e. The van der Waals surface area contributed by atoms with E-state index in [9.17, 15) is 4.79 Å². The first kappa shape index (κ1) is 10.4. The summed E-state index contributed by atoms with van der Waals surface area (Å²) in [5.41, 5.74) is 2.13. The van der Waals surface area contributed by atoms with Gasteiger partial charge in [0.25, 0.3) is 5.91 Å². The van der Waals surface area contributed by atoms with Crippen molar-refractivity contribution in [1.29, 1.82) is 5.26 Å². The van der Waals surface area contributed by atoms with E-state index in [4.69, 9.17) is 5.26 Å². The Morgan fingerprint density at radius 1 is 1.38 bits per heavy atom. The van der Waals surface area contributed by atoms with Crippen LogP contribution in [0.25, 0.3) is 0 Å². The number of hydrogen-bond donors (Lipinski definition) is 0. The summed E-state index contributed by atoms with van der Waals surface area (Å²) in [4.78, 5) is 13.8. The summed E-state index contributed by atoms with van der Waals surface area (Å²) in [6.07, 6.45) is 3.97. The number of benzene rings is 1. The van der Waals surface area contributed by atoms with Crippen LogP contribution in [0.1, 0.15) is 21.5 Å². The van der Waals surface area contributed by atoms with Gasteiger partial charge in [0.15, 0.2) is 0 Å². The molecule has 0 radical (unpaired) electrons. The third-order valence-electron chi connectivity index (χ3n) is 2.69. The molecule has 0 aromatic heterocycles. The van der Waals surface area contributed by atoms with Crippen molar-refractivity contribution in [1.82, 2.24) is 4.90 Å². The molecule has 0 saturated carbocycles. The quantitative estimate of drug-likeness (QED) is 0.667. The molecule has 16 heavy (non-hydrogen) atoms. The molecule has 1 aliphatic heterocycles. The average molecular weight is 212 g/mol. The maximum absolute atomic E-state index is 12.1. The highest BCUT2D eigenvalue weighted by molar-refractivity contribution is 5.96. The van der Waals surface area contributed by atoms with Crippen LogP contribution in [-0.2, 0) is 0 Å². The van der Waals surface area contributed by atoms with Crippen molar-refractivity contribution in [2.24, 2.45) is 0 Å². The van der Waals surface area contributed by atoms with E-state index in [0.717, 1.165) is 5.56 Å². The maximum atomic E-state index is 12.1. The lowest BCUT2D eigenvalue weighted by Gasteiger charge is -2.16. The molecule has 80 valence electrons. The van der Waals surface area contributed by atoms with Crippen molar-refractivity contribution >= 4 is 5.91 Å². The molecule has 0 N–H and O–H groups in total. The number of carbonyl (C=O) groups is 1. The van der Waals surface area contributed by atoms with E-state index in [2.05, 4.69) is 6.07 Å². The van der Waals surface area contributed by atoms with Crippen LogP contribution < -0.4 is 0 Å². The molecule has 0 unspecified atom stereocenters. The number of carbonyl (C=O) groups excluding carboxylic acids is 1. The zero-order chi connectivity index (χ0) is 11.5. The Kier molecular flexibility index (Phi) is 2.74. The van der Waals surface area contributed by atoms with Crippen LogP contribution in [0.3, 0.4) is 0 Å². The van der Waals surface area contributed by atoms with Crippen LogP contribution in [-0.4, -0.2) is 23.9 Å². The van der Waals surface area contributed by atoms with Crippen molar-refractivity contribution < 1.29 is 4.79 Å². The van der Waals surface area contributed by atoms with Gasteiger partial charge in [-0.1, -0.05) is 12.2 Å². The molecule has 0 atom stereocenters. The molecule has 3 heteroatoms. The van der Waals surface area contributed by atoms with Crippen molar-refractivity contribution in [3.05, 3.63) is 47.0 Å². The topological polar surface area (TPSA) is 44.1 Å². The summed E-state index contributed by atoms with van der Waals surface area (Å²) in [6, 6.07) is 7.23. The Morgan fingerprint density at radius 2 is 2.06 bits per heavy atom. The molecule has 1 amide bonds. The van der Waals surface area contributed by atoms with Gasteiger partial charge in [-0.15, -0.1) is 0 Å². The molecule has 3 nitrogen and oxygen atoms in total. The van der Waals surface area contributed by atoms with E-state index in [1.807, 2.05) is 19.1 Å². The molecule has 2 rings (SSSR count). The number of nitrogens with zero attached hydrogens (tertiary/aromatic N) is 2. The monoisotopic (exact) mass is 212 g/mol. The van der Waals surface area contributed by atoms with Crippen LogP contribution in [0, 0.1) is 18.3 Å². The van der Waals surface area contributed by atoms with Gasteiger partial charge < -0.3 is 4.90 Å². The summed E-state index contributed by atoms with van der Waals surface area (Å²) in [6.45, 7) is 3.22. The number of rotatable bonds is 1. The zero-order valence-electron chi connectivity index (χ0n) is 9.10. The summed E-state index contributed by atoms with van der Waals surface area (Å²) < 4.78 is 0. The lowest BCUT2D eigenvalue weighted by molar-refractivity contribution is 0.0799. The summed E-state index contributed by atoms with van der Waals surface area (Å²) in [7, 11) is 0. The number of aryl methyl sites for hydroxylation is 1. The minimum absolute atomic E-state index is 0.0342. The second-order valence-corrected chi connectivity index (χ2v) is 3.82. The maximum Gasteiger partial charge on any atom is 0.254 e. The number of amides is 1. The van der Waals surface area contributed by atoms with Crippen LogP contribution in [0.4, 0.5) is 0 Å². The van der Waals surface area contributed by atoms with Gasteiger partial charge >= 0.3 is 0 Å². The molecular formula is C13H12N2O. The van der Waals surface area contributed by atoms with Crippen LogP contribution in [0.2, 0.25) is 0 Å². The molecular weight excluding hydrogens is 200 g/mol. The Hall–Kier alpha value is -2.08. The van der Waals surface area contributed by atoms with E-state index in [1.54, 1.807) is 23.1 Å². The van der Waals surface area contributed by atoms with Crippen molar-refractivity contribution in [2.45, 2.75) is 6.92 Å².